The Kier molecular flexibility index (Phi) is 2.23. The van der Waals surface area contributed by atoms with E-state index in [1.165, 1.54) is 0 Å². The molecule has 4 heteroatoms. The predicted octanol–water partition coefficient (Wildman–Crippen LogP) is 1.03. The van der Waals surface area contributed by atoms with Gasteiger partial charge in [-0.05, 0) is 12.1 Å². The summed E-state index contributed by atoms with van der Waals surface area (Å²) >= 11 is 4.87. The monoisotopic (exact) mass is 206 g/mol. The van der Waals surface area contributed by atoms with E-state index in [9.17, 15) is 0 Å². The van der Waals surface area contributed by atoms with Crippen LogP contribution in [0.3, 0.4) is 0 Å². The van der Waals surface area contributed by atoms with Crippen LogP contribution in [-0.2, 0) is 0 Å². The zero-order valence-electron chi connectivity index (χ0n) is 7.44. The Hall–Kier alpha value is -1.39. The van der Waals surface area contributed by atoms with Gasteiger partial charge in [0.1, 0.15) is 10.7 Å². The molecule has 4 N–H and O–H groups in total. The van der Waals surface area contributed by atoms with E-state index in [1.54, 1.807) is 0 Å². The van der Waals surface area contributed by atoms with Gasteiger partial charge in [0, 0.05) is 11.1 Å². The summed E-state index contributed by atoms with van der Waals surface area (Å²) in [6.45, 7) is 0. The third kappa shape index (κ3) is 1.49. The van der Waals surface area contributed by atoms with E-state index in [4.69, 9.17) is 28.4 Å². The van der Waals surface area contributed by atoms with Crippen molar-refractivity contribution in [1.29, 1.82) is 0 Å². The molecule has 1 unspecified atom stereocenters. The fourth-order valence-electron chi connectivity index (χ4n) is 1.37. The number of hydrogen-bond acceptors (Lipinski definition) is 3. The number of rotatable bonds is 1. The number of fused-ring (bicyclic) bond motifs is 1. The van der Waals surface area contributed by atoms with Gasteiger partial charge in [0.05, 0.1) is 0 Å². The largest absolute Gasteiger partial charge is 0.471 e. The van der Waals surface area contributed by atoms with E-state index in [-0.39, 0.29) is 4.99 Å². The zero-order valence-corrected chi connectivity index (χ0v) is 8.25. The molecule has 1 aromatic carbocycles. The molecule has 0 saturated carbocycles. The number of ether oxygens (including phenoxy) is 1. The van der Waals surface area contributed by atoms with Crippen molar-refractivity contribution in [3.8, 4) is 5.75 Å². The molecule has 0 amide bonds. The zero-order chi connectivity index (χ0) is 10.1. The molecule has 1 aromatic rings. The van der Waals surface area contributed by atoms with Gasteiger partial charge < -0.3 is 10.5 Å². The molecular formula is C10H10N2OS. The molecule has 0 bridgehead atoms. The first-order chi connectivity index (χ1) is 6.68. The molecule has 1 aliphatic heterocycles. The lowest BCUT2D eigenvalue weighted by Gasteiger charge is -2.23. The van der Waals surface area contributed by atoms with E-state index in [1.807, 2.05) is 30.3 Å². The highest BCUT2D eigenvalue weighted by Crippen LogP contribution is 2.27. The van der Waals surface area contributed by atoms with Crippen LogP contribution in [0, 0.1) is 0 Å². The summed E-state index contributed by atoms with van der Waals surface area (Å²) in [4.78, 5) is 0.284. The first-order valence-corrected chi connectivity index (χ1v) is 4.62. The van der Waals surface area contributed by atoms with Crippen LogP contribution >= 0.6 is 12.2 Å². The second kappa shape index (κ2) is 3.40. The first kappa shape index (κ1) is 9.18. The lowest BCUT2D eigenvalue weighted by Crippen LogP contribution is -2.36. The van der Waals surface area contributed by atoms with Crippen molar-refractivity contribution < 1.29 is 4.74 Å². The average molecular weight is 206 g/mol. The van der Waals surface area contributed by atoms with Gasteiger partial charge in [-0.25, -0.2) is 0 Å². The molecule has 14 heavy (non-hydrogen) atoms. The molecule has 1 heterocycles. The molecule has 0 saturated heterocycles. The maximum Gasteiger partial charge on any atom is 0.176 e. The number of thiocarbonyl (C=S) groups is 1. The highest BCUT2D eigenvalue weighted by Gasteiger charge is 2.20. The van der Waals surface area contributed by atoms with Gasteiger partial charge >= 0.3 is 0 Å². The number of benzene rings is 1. The quantitative estimate of drug-likeness (QED) is 0.674. The summed E-state index contributed by atoms with van der Waals surface area (Å²) in [6, 6.07) is 7.61. The summed E-state index contributed by atoms with van der Waals surface area (Å²) in [7, 11) is 0. The van der Waals surface area contributed by atoms with Crippen molar-refractivity contribution >= 4 is 23.3 Å². The second-order valence-electron chi connectivity index (χ2n) is 3.04. The number of para-hydroxylation sites is 1. The van der Waals surface area contributed by atoms with Gasteiger partial charge in [0.2, 0.25) is 0 Å². The van der Waals surface area contributed by atoms with E-state index in [0.717, 1.165) is 11.3 Å². The lowest BCUT2D eigenvalue weighted by molar-refractivity contribution is 0.248. The summed E-state index contributed by atoms with van der Waals surface area (Å²) in [6.07, 6.45) is 1.31. The van der Waals surface area contributed by atoms with Crippen LogP contribution < -0.4 is 16.2 Å². The summed E-state index contributed by atoms with van der Waals surface area (Å²) in [5, 5.41) is 0. The molecule has 1 aliphatic rings. The summed E-state index contributed by atoms with van der Waals surface area (Å²) < 4.78 is 5.45. The molecule has 2 rings (SSSR count). The van der Waals surface area contributed by atoms with Crippen LogP contribution in [0.15, 0.2) is 29.8 Å². The Morgan fingerprint density at radius 3 is 2.79 bits per heavy atom. The van der Waals surface area contributed by atoms with Gasteiger partial charge in [-0.1, -0.05) is 30.4 Å². The Morgan fingerprint density at radius 2 is 2.07 bits per heavy atom. The van der Waals surface area contributed by atoms with Crippen LogP contribution in [0.4, 0.5) is 0 Å². The van der Waals surface area contributed by atoms with Gasteiger partial charge in [-0.15, -0.1) is 0 Å². The first-order valence-electron chi connectivity index (χ1n) is 4.21. The van der Waals surface area contributed by atoms with Gasteiger partial charge in [-0.2, -0.15) is 0 Å². The van der Waals surface area contributed by atoms with Crippen molar-refractivity contribution in [2.24, 2.45) is 11.5 Å². The molecular weight excluding hydrogens is 196 g/mol. The van der Waals surface area contributed by atoms with Crippen LogP contribution in [-0.4, -0.2) is 11.2 Å². The van der Waals surface area contributed by atoms with Gasteiger partial charge in [0.15, 0.2) is 6.23 Å². The highest BCUT2D eigenvalue weighted by molar-refractivity contribution is 7.80. The summed E-state index contributed by atoms with van der Waals surface area (Å²) in [5.41, 5.74) is 12.9. The molecule has 0 fully saturated rings. The maximum atomic E-state index is 5.74. The average Bonchev–Trinajstić information content (AvgIpc) is 2.16. The fraction of sp³-hybridized carbons (Fsp3) is 0.100. The summed E-state index contributed by atoms with van der Waals surface area (Å²) in [5.74, 6) is 0.764. The van der Waals surface area contributed by atoms with Crippen LogP contribution in [0.1, 0.15) is 5.56 Å². The van der Waals surface area contributed by atoms with Crippen LogP contribution in [0.2, 0.25) is 0 Å². The minimum absolute atomic E-state index is 0.284. The molecule has 0 radical (unpaired) electrons. The SMILES string of the molecule is NC(=S)C1=Cc2ccccc2OC1N. The fourth-order valence-corrected chi connectivity index (χ4v) is 1.54. The highest BCUT2D eigenvalue weighted by atomic mass is 32.1. The third-order valence-electron chi connectivity index (χ3n) is 2.07. The standard InChI is InChI=1S/C10H10N2OS/c11-9-7(10(12)14)5-6-3-1-2-4-8(6)13-9/h1-5,9H,11H2,(H2,12,14). The molecule has 1 atom stereocenters. The van der Waals surface area contributed by atoms with Gasteiger partial charge in [-0.3, -0.25) is 5.73 Å². The normalized spacial score (nSPS) is 19.2. The van der Waals surface area contributed by atoms with E-state index in [2.05, 4.69) is 0 Å². The van der Waals surface area contributed by atoms with E-state index in [0.29, 0.717) is 5.57 Å². The molecule has 3 nitrogen and oxygen atoms in total. The minimum atomic E-state index is -0.553. The van der Waals surface area contributed by atoms with Crippen LogP contribution in [0.25, 0.3) is 6.08 Å². The Morgan fingerprint density at radius 1 is 1.36 bits per heavy atom. The van der Waals surface area contributed by atoms with E-state index < -0.39 is 6.23 Å². The smallest absolute Gasteiger partial charge is 0.176 e. The van der Waals surface area contributed by atoms with Crippen molar-refractivity contribution in [1.82, 2.24) is 0 Å². The van der Waals surface area contributed by atoms with Crippen molar-refractivity contribution in [3.05, 3.63) is 35.4 Å². The second-order valence-corrected chi connectivity index (χ2v) is 3.48. The number of nitrogens with two attached hydrogens (primary N) is 2. The Labute approximate surface area is 87.3 Å². The minimum Gasteiger partial charge on any atom is -0.471 e. The molecule has 0 spiro atoms. The lowest BCUT2D eigenvalue weighted by atomic mass is 10.1. The van der Waals surface area contributed by atoms with Gasteiger partial charge in [0.25, 0.3) is 0 Å². The van der Waals surface area contributed by atoms with Crippen molar-refractivity contribution in [2.75, 3.05) is 0 Å². The molecule has 72 valence electrons. The van der Waals surface area contributed by atoms with Crippen LogP contribution in [0.5, 0.6) is 5.75 Å². The predicted molar refractivity (Wildman–Crippen MR) is 59.8 cm³/mol. The topological polar surface area (TPSA) is 61.3 Å². The van der Waals surface area contributed by atoms with E-state index >= 15 is 0 Å². The van der Waals surface area contributed by atoms with Crippen molar-refractivity contribution in [3.63, 3.8) is 0 Å². The van der Waals surface area contributed by atoms with Crippen molar-refractivity contribution in [2.45, 2.75) is 6.23 Å². The molecule has 0 aliphatic carbocycles. The maximum absolute atomic E-state index is 5.74. The third-order valence-corrected chi connectivity index (χ3v) is 2.31. The molecule has 0 aromatic heterocycles. The Bertz CT molecular complexity index is 414. The number of hydrogen-bond donors (Lipinski definition) is 2. The Balaban J connectivity index is 2.49.